The first-order valence-corrected chi connectivity index (χ1v) is 9.27. The van der Waals surface area contributed by atoms with E-state index in [1.54, 1.807) is 7.11 Å². The van der Waals surface area contributed by atoms with Crippen LogP contribution in [0.5, 0.6) is 5.75 Å². The van der Waals surface area contributed by atoms with E-state index >= 15 is 0 Å². The van der Waals surface area contributed by atoms with Gasteiger partial charge in [-0.15, -0.1) is 0 Å². The lowest BCUT2D eigenvalue weighted by Crippen LogP contribution is -2.15. The van der Waals surface area contributed by atoms with Gasteiger partial charge >= 0.3 is 0 Å². The third-order valence-corrected chi connectivity index (χ3v) is 5.82. The van der Waals surface area contributed by atoms with Crippen molar-refractivity contribution in [1.29, 1.82) is 0 Å². The van der Waals surface area contributed by atoms with Crippen molar-refractivity contribution in [2.75, 3.05) is 7.11 Å². The fourth-order valence-electron chi connectivity index (χ4n) is 4.09. The molecule has 0 spiro atoms. The molecule has 1 atom stereocenters. The van der Waals surface area contributed by atoms with Crippen molar-refractivity contribution in [2.45, 2.75) is 58.3 Å². The lowest BCUT2D eigenvalue weighted by molar-refractivity contribution is 0.273. The molecule has 1 aliphatic rings. The molecule has 0 aliphatic heterocycles. The predicted molar refractivity (Wildman–Crippen MR) is 99.3 cm³/mol. The Labute approximate surface area is 141 Å². The van der Waals surface area contributed by atoms with E-state index in [-0.39, 0.29) is 0 Å². The molecule has 0 radical (unpaired) electrons. The van der Waals surface area contributed by atoms with Crippen molar-refractivity contribution in [1.82, 2.24) is 0 Å². The van der Waals surface area contributed by atoms with Gasteiger partial charge in [0.05, 0.1) is 7.11 Å². The second-order valence-electron chi connectivity index (χ2n) is 7.44. The highest BCUT2D eigenvalue weighted by molar-refractivity contribution is 5.84. The van der Waals surface area contributed by atoms with Crippen LogP contribution in [0.2, 0.25) is 0 Å². The van der Waals surface area contributed by atoms with Crippen molar-refractivity contribution in [3.8, 4) is 5.75 Å². The first-order valence-electron chi connectivity index (χ1n) is 9.27. The average Bonchev–Trinajstić information content (AvgIpc) is 2.61. The third kappa shape index (κ3) is 3.88. The summed E-state index contributed by atoms with van der Waals surface area (Å²) in [4.78, 5) is 0. The van der Waals surface area contributed by atoms with E-state index < -0.39 is 0 Å². The Balaban J connectivity index is 1.67. The molecule has 0 N–H and O–H groups in total. The molecule has 0 bridgehead atoms. The molecule has 23 heavy (non-hydrogen) atoms. The maximum absolute atomic E-state index is 5.32. The lowest BCUT2D eigenvalue weighted by Gasteiger charge is -2.30. The zero-order valence-corrected chi connectivity index (χ0v) is 14.8. The molecule has 1 unspecified atom stereocenters. The molecule has 1 heteroatoms. The first-order chi connectivity index (χ1) is 11.2. The maximum atomic E-state index is 5.32. The molecule has 1 fully saturated rings. The Hall–Kier alpha value is -1.50. The zero-order valence-electron chi connectivity index (χ0n) is 14.8. The smallest absolute Gasteiger partial charge is 0.119 e. The van der Waals surface area contributed by atoms with Gasteiger partial charge in [0.2, 0.25) is 0 Å². The molecule has 2 aromatic rings. The van der Waals surface area contributed by atoms with Gasteiger partial charge in [0.1, 0.15) is 5.75 Å². The van der Waals surface area contributed by atoms with Gasteiger partial charge in [-0.05, 0) is 78.3 Å². The molecule has 0 aromatic heterocycles. The number of fused-ring (bicyclic) bond motifs is 1. The number of ether oxygens (including phenoxy) is 1. The van der Waals surface area contributed by atoms with Gasteiger partial charge in [0.25, 0.3) is 0 Å². The van der Waals surface area contributed by atoms with Gasteiger partial charge in [-0.3, -0.25) is 0 Å². The highest BCUT2D eigenvalue weighted by Crippen LogP contribution is 2.39. The Morgan fingerprint density at radius 2 is 1.70 bits per heavy atom. The van der Waals surface area contributed by atoms with Crippen LogP contribution in [-0.2, 0) is 0 Å². The van der Waals surface area contributed by atoms with Crippen LogP contribution < -0.4 is 4.74 Å². The molecule has 0 heterocycles. The Morgan fingerprint density at radius 1 is 1.00 bits per heavy atom. The second-order valence-corrected chi connectivity index (χ2v) is 7.44. The van der Waals surface area contributed by atoms with E-state index in [0.29, 0.717) is 0 Å². The number of methoxy groups -OCH3 is 1. The van der Waals surface area contributed by atoms with Crippen LogP contribution in [0.25, 0.3) is 10.8 Å². The van der Waals surface area contributed by atoms with E-state index in [1.807, 2.05) is 0 Å². The van der Waals surface area contributed by atoms with Crippen molar-refractivity contribution in [3.05, 3.63) is 42.0 Å². The van der Waals surface area contributed by atoms with E-state index in [4.69, 9.17) is 4.74 Å². The maximum Gasteiger partial charge on any atom is 0.119 e. The lowest BCUT2D eigenvalue weighted by atomic mass is 9.75. The van der Waals surface area contributed by atoms with Crippen molar-refractivity contribution >= 4 is 10.8 Å². The van der Waals surface area contributed by atoms with Crippen LogP contribution in [0.4, 0.5) is 0 Å². The van der Waals surface area contributed by atoms with Crippen LogP contribution >= 0.6 is 0 Å². The second kappa shape index (κ2) is 7.38. The van der Waals surface area contributed by atoms with Crippen molar-refractivity contribution in [3.63, 3.8) is 0 Å². The largest absolute Gasteiger partial charge is 0.497 e. The minimum absolute atomic E-state index is 0.759. The summed E-state index contributed by atoms with van der Waals surface area (Å²) < 4.78 is 5.32. The van der Waals surface area contributed by atoms with Crippen molar-refractivity contribution < 1.29 is 4.74 Å². The van der Waals surface area contributed by atoms with Crippen LogP contribution in [0.1, 0.15) is 63.9 Å². The molecule has 2 aromatic carbocycles. The van der Waals surface area contributed by atoms with Crippen molar-refractivity contribution in [2.24, 2.45) is 11.8 Å². The number of rotatable bonds is 5. The molecule has 1 saturated carbocycles. The van der Waals surface area contributed by atoms with E-state index in [2.05, 4.69) is 50.2 Å². The summed E-state index contributed by atoms with van der Waals surface area (Å²) in [6.45, 7) is 4.73. The average molecular weight is 310 g/mol. The fourth-order valence-corrected chi connectivity index (χ4v) is 4.09. The summed E-state index contributed by atoms with van der Waals surface area (Å²) in [6, 6.07) is 13.4. The summed E-state index contributed by atoms with van der Waals surface area (Å²) in [5.74, 6) is 3.56. The SMILES string of the molecule is CCC(C)CC1CCC(c2ccc3cc(OC)ccc3c2)CC1. The first kappa shape index (κ1) is 16.4. The number of hydrogen-bond acceptors (Lipinski definition) is 1. The summed E-state index contributed by atoms with van der Waals surface area (Å²) in [7, 11) is 1.73. The highest BCUT2D eigenvalue weighted by atomic mass is 16.5. The monoisotopic (exact) mass is 310 g/mol. The Bertz CT molecular complexity index is 637. The van der Waals surface area contributed by atoms with E-state index in [9.17, 15) is 0 Å². The molecule has 1 aliphatic carbocycles. The topological polar surface area (TPSA) is 9.23 Å². The minimum Gasteiger partial charge on any atom is -0.497 e. The molecule has 1 nitrogen and oxygen atoms in total. The quantitative estimate of drug-likeness (QED) is 0.607. The highest BCUT2D eigenvalue weighted by Gasteiger charge is 2.23. The van der Waals surface area contributed by atoms with Gasteiger partial charge in [0.15, 0.2) is 0 Å². The summed E-state index contributed by atoms with van der Waals surface area (Å²) >= 11 is 0. The zero-order chi connectivity index (χ0) is 16.2. The molecule has 3 rings (SSSR count). The predicted octanol–water partition coefficient (Wildman–Crippen LogP) is 6.56. The van der Waals surface area contributed by atoms with Gasteiger partial charge in [-0.1, -0.05) is 44.5 Å². The van der Waals surface area contributed by atoms with Crippen LogP contribution in [0.15, 0.2) is 36.4 Å². The van der Waals surface area contributed by atoms with Gasteiger partial charge in [-0.25, -0.2) is 0 Å². The van der Waals surface area contributed by atoms with E-state index in [1.165, 1.54) is 54.9 Å². The minimum atomic E-state index is 0.759. The molecular weight excluding hydrogens is 280 g/mol. The van der Waals surface area contributed by atoms with Crippen LogP contribution in [-0.4, -0.2) is 7.11 Å². The molecule has 0 amide bonds. The van der Waals surface area contributed by atoms with Crippen LogP contribution in [0.3, 0.4) is 0 Å². The number of hydrogen-bond donors (Lipinski definition) is 0. The molecule has 124 valence electrons. The van der Waals surface area contributed by atoms with Gasteiger partial charge in [0, 0.05) is 0 Å². The summed E-state index contributed by atoms with van der Waals surface area (Å²) in [6.07, 6.45) is 8.31. The normalized spacial score (nSPS) is 22.9. The van der Waals surface area contributed by atoms with E-state index in [0.717, 1.165) is 23.5 Å². The summed E-state index contributed by atoms with van der Waals surface area (Å²) in [5.41, 5.74) is 1.53. The number of benzene rings is 2. The Morgan fingerprint density at radius 3 is 2.39 bits per heavy atom. The Kier molecular flexibility index (Phi) is 5.25. The third-order valence-electron chi connectivity index (χ3n) is 5.82. The molecule has 0 saturated heterocycles. The fraction of sp³-hybridized carbons (Fsp3) is 0.545. The summed E-state index contributed by atoms with van der Waals surface area (Å²) in [5, 5.41) is 2.61. The standard InChI is InChI=1S/C22H30O/c1-4-16(2)13-17-5-7-18(8-6-17)19-9-10-21-15-22(23-3)12-11-20(21)14-19/h9-12,14-18H,4-8,13H2,1-3H3. The van der Waals surface area contributed by atoms with Gasteiger partial charge in [-0.2, -0.15) is 0 Å². The molecular formula is C22H30O. The van der Waals surface area contributed by atoms with Crippen LogP contribution in [0, 0.1) is 11.8 Å². The van der Waals surface area contributed by atoms with Gasteiger partial charge < -0.3 is 4.74 Å².